The summed E-state index contributed by atoms with van der Waals surface area (Å²) in [5, 5.41) is 35.1. The Morgan fingerprint density at radius 1 is 0.643 bits per heavy atom. The third-order valence-electron chi connectivity index (χ3n) is 3.65. The predicted octanol–water partition coefficient (Wildman–Crippen LogP) is 4.48. The van der Waals surface area contributed by atoms with Crippen LogP contribution in [0, 0.1) is 13.8 Å². The molecule has 6 nitrogen and oxygen atoms in total. The number of rotatable bonds is 2. The normalized spacial score (nSPS) is 9.21. The van der Waals surface area contributed by atoms with E-state index < -0.39 is 11.9 Å². The van der Waals surface area contributed by atoms with Gasteiger partial charge in [-0.15, -0.1) is 0 Å². The van der Waals surface area contributed by atoms with Gasteiger partial charge in [-0.2, -0.15) is 0 Å². The third-order valence-corrected chi connectivity index (χ3v) is 3.65. The fraction of sp³-hybridized carbons (Fsp3) is 0.0909. The van der Waals surface area contributed by atoms with Crippen LogP contribution in [0.4, 0.5) is 0 Å². The molecule has 28 heavy (non-hydrogen) atoms. The van der Waals surface area contributed by atoms with Gasteiger partial charge in [0.2, 0.25) is 0 Å². The first-order chi connectivity index (χ1) is 13.2. The van der Waals surface area contributed by atoms with E-state index in [2.05, 4.69) is 0 Å². The second kappa shape index (κ2) is 11.0. The first-order valence-corrected chi connectivity index (χ1v) is 8.28. The molecule has 0 bridgehead atoms. The van der Waals surface area contributed by atoms with Crippen LogP contribution >= 0.6 is 0 Å². The van der Waals surface area contributed by atoms with Crippen LogP contribution in [0.2, 0.25) is 0 Å². The number of carboxylic acids is 2. The van der Waals surface area contributed by atoms with Crippen LogP contribution in [0.25, 0.3) is 0 Å². The average molecular weight is 382 g/mol. The minimum absolute atomic E-state index is 0.142. The van der Waals surface area contributed by atoms with E-state index in [9.17, 15) is 14.7 Å². The maximum atomic E-state index is 10.2. The van der Waals surface area contributed by atoms with Gasteiger partial charge in [-0.25, -0.2) is 9.59 Å². The van der Waals surface area contributed by atoms with Gasteiger partial charge in [0.15, 0.2) is 0 Å². The van der Waals surface area contributed by atoms with E-state index in [1.165, 1.54) is 0 Å². The highest BCUT2D eigenvalue weighted by atomic mass is 16.4. The number of carboxylic acid groups (broad SMARTS) is 2. The maximum Gasteiger partial charge on any atom is 0.335 e. The van der Waals surface area contributed by atoms with Crippen molar-refractivity contribution in [3.63, 3.8) is 0 Å². The molecule has 3 rings (SSSR count). The van der Waals surface area contributed by atoms with Crippen LogP contribution in [0.5, 0.6) is 11.5 Å². The lowest BCUT2D eigenvalue weighted by molar-refractivity contribution is 0.0686. The summed E-state index contributed by atoms with van der Waals surface area (Å²) >= 11 is 0. The molecule has 0 amide bonds. The molecule has 4 N–H and O–H groups in total. The highest BCUT2D eigenvalue weighted by molar-refractivity contribution is 5.87. The summed E-state index contributed by atoms with van der Waals surface area (Å²) in [6.45, 7) is 3.47. The fourth-order valence-corrected chi connectivity index (χ4v) is 1.99. The van der Waals surface area contributed by atoms with E-state index in [1.54, 1.807) is 86.6 Å². The molecule has 146 valence electrons. The van der Waals surface area contributed by atoms with Crippen molar-refractivity contribution in [2.75, 3.05) is 0 Å². The molecule has 0 radical (unpaired) electrons. The van der Waals surface area contributed by atoms with Crippen molar-refractivity contribution in [2.45, 2.75) is 13.8 Å². The largest absolute Gasteiger partial charge is 0.508 e. The van der Waals surface area contributed by atoms with Crippen molar-refractivity contribution < 1.29 is 30.0 Å². The van der Waals surface area contributed by atoms with E-state index in [0.29, 0.717) is 16.7 Å². The van der Waals surface area contributed by atoms with Crippen molar-refractivity contribution in [1.29, 1.82) is 0 Å². The van der Waals surface area contributed by atoms with Gasteiger partial charge in [0.25, 0.3) is 0 Å². The third kappa shape index (κ3) is 7.21. The molecule has 0 aliphatic rings. The standard InChI is InChI=1S/C8H10O2.2C7H6O2/c1-5-3-4-7(9)6(2)8(5)10;2*8-7(9)6-4-2-1-3-5-6/h3-4,9-10H,1-2H3;2*1-5H,(H,8,9). The summed E-state index contributed by atoms with van der Waals surface area (Å²) in [5.74, 6) is -1.44. The molecule has 0 aliphatic carbocycles. The first-order valence-electron chi connectivity index (χ1n) is 8.28. The second-order valence-corrected chi connectivity index (χ2v) is 5.72. The summed E-state index contributed by atoms with van der Waals surface area (Å²) in [4.78, 5) is 20.4. The Hall–Kier alpha value is -3.80. The van der Waals surface area contributed by atoms with Crippen molar-refractivity contribution in [2.24, 2.45) is 0 Å². The summed E-state index contributed by atoms with van der Waals surface area (Å²) in [6, 6.07) is 19.8. The van der Waals surface area contributed by atoms with E-state index in [4.69, 9.17) is 15.3 Å². The Morgan fingerprint density at radius 2 is 1.04 bits per heavy atom. The van der Waals surface area contributed by atoms with Crippen LogP contribution in [0.1, 0.15) is 31.8 Å². The zero-order valence-corrected chi connectivity index (χ0v) is 15.5. The Morgan fingerprint density at radius 3 is 1.32 bits per heavy atom. The predicted molar refractivity (Wildman–Crippen MR) is 106 cm³/mol. The zero-order chi connectivity index (χ0) is 21.1. The molecule has 0 spiro atoms. The first kappa shape index (κ1) is 22.2. The number of aromatic hydroxyl groups is 2. The van der Waals surface area contributed by atoms with Crippen LogP contribution in [-0.4, -0.2) is 32.4 Å². The summed E-state index contributed by atoms with van der Waals surface area (Å²) in [6.07, 6.45) is 0. The summed E-state index contributed by atoms with van der Waals surface area (Å²) < 4.78 is 0. The highest BCUT2D eigenvalue weighted by Gasteiger charge is 2.03. The molecular formula is C22H22O6. The zero-order valence-electron chi connectivity index (χ0n) is 15.5. The topological polar surface area (TPSA) is 115 Å². The van der Waals surface area contributed by atoms with E-state index >= 15 is 0 Å². The van der Waals surface area contributed by atoms with Gasteiger partial charge >= 0.3 is 11.9 Å². The minimum Gasteiger partial charge on any atom is -0.508 e. The van der Waals surface area contributed by atoms with Crippen LogP contribution in [-0.2, 0) is 0 Å². The molecule has 0 atom stereocenters. The fourth-order valence-electron chi connectivity index (χ4n) is 1.99. The van der Waals surface area contributed by atoms with Crippen molar-refractivity contribution in [1.82, 2.24) is 0 Å². The van der Waals surface area contributed by atoms with Gasteiger partial charge in [0.1, 0.15) is 11.5 Å². The van der Waals surface area contributed by atoms with Gasteiger partial charge in [0, 0.05) is 5.56 Å². The summed E-state index contributed by atoms with van der Waals surface area (Å²) in [5.41, 5.74) is 1.99. The quantitative estimate of drug-likeness (QED) is 0.519. The number of aromatic carboxylic acids is 2. The van der Waals surface area contributed by atoms with Gasteiger partial charge < -0.3 is 20.4 Å². The molecule has 0 saturated carbocycles. The lowest BCUT2D eigenvalue weighted by Gasteiger charge is -2.03. The summed E-state index contributed by atoms with van der Waals surface area (Å²) in [7, 11) is 0. The van der Waals surface area contributed by atoms with Gasteiger partial charge in [-0.05, 0) is 49.7 Å². The molecule has 3 aromatic rings. The molecule has 3 aromatic carbocycles. The highest BCUT2D eigenvalue weighted by Crippen LogP contribution is 2.28. The van der Waals surface area contributed by atoms with Crippen molar-refractivity contribution in [3.8, 4) is 11.5 Å². The minimum atomic E-state index is -0.879. The lowest BCUT2D eigenvalue weighted by Crippen LogP contribution is -1.93. The molecule has 0 fully saturated rings. The van der Waals surface area contributed by atoms with Crippen LogP contribution in [0.3, 0.4) is 0 Å². The van der Waals surface area contributed by atoms with Gasteiger partial charge in [-0.1, -0.05) is 42.5 Å². The molecule has 0 heterocycles. The molecule has 0 aromatic heterocycles. The number of benzene rings is 3. The maximum absolute atomic E-state index is 10.2. The monoisotopic (exact) mass is 382 g/mol. The smallest absolute Gasteiger partial charge is 0.335 e. The number of phenols is 2. The molecule has 6 heteroatoms. The second-order valence-electron chi connectivity index (χ2n) is 5.72. The molecule has 0 saturated heterocycles. The number of hydrogen-bond donors (Lipinski definition) is 4. The van der Waals surface area contributed by atoms with Gasteiger partial charge in [0.05, 0.1) is 11.1 Å². The van der Waals surface area contributed by atoms with E-state index in [0.717, 1.165) is 5.56 Å². The van der Waals surface area contributed by atoms with Crippen LogP contribution in [0.15, 0.2) is 72.8 Å². The number of aryl methyl sites for hydroxylation is 1. The molecular weight excluding hydrogens is 360 g/mol. The Balaban J connectivity index is 0.000000210. The van der Waals surface area contributed by atoms with E-state index in [-0.39, 0.29) is 11.5 Å². The SMILES string of the molecule is Cc1ccc(O)c(C)c1O.O=C(O)c1ccccc1.O=C(O)c1ccccc1. The van der Waals surface area contributed by atoms with Crippen molar-refractivity contribution >= 4 is 11.9 Å². The number of hydrogen-bond acceptors (Lipinski definition) is 4. The van der Waals surface area contributed by atoms with Crippen LogP contribution < -0.4 is 0 Å². The van der Waals surface area contributed by atoms with Gasteiger partial charge in [-0.3, -0.25) is 0 Å². The van der Waals surface area contributed by atoms with Crippen molar-refractivity contribution in [3.05, 3.63) is 95.1 Å². The Kier molecular flexibility index (Phi) is 8.76. The Bertz CT molecular complexity index is 829. The molecule has 0 unspecified atom stereocenters. The van der Waals surface area contributed by atoms with E-state index in [1.807, 2.05) is 0 Å². The average Bonchev–Trinajstić information content (AvgIpc) is 2.71. The Labute approximate surface area is 163 Å². The lowest BCUT2D eigenvalue weighted by atomic mass is 10.1. The number of carbonyl (C=O) groups is 2. The number of phenolic OH excluding ortho intramolecular Hbond substituents is 2. The molecule has 0 aliphatic heterocycles.